The van der Waals surface area contributed by atoms with Crippen LogP contribution in [0.3, 0.4) is 0 Å². The molecule has 2 nitrogen and oxygen atoms in total. The van der Waals surface area contributed by atoms with Crippen molar-refractivity contribution in [3.63, 3.8) is 0 Å². The average molecular weight is 237 g/mol. The van der Waals surface area contributed by atoms with E-state index in [1.54, 1.807) is 0 Å². The highest BCUT2D eigenvalue weighted by molar-refractivity contribution is 8.01. The van der Waals surface area contributed by atoms with E-state index in [-0.39, 0.29) is 4.87 Å². The van der Waals surface area contributed by atoms with Crippen molar-refractivity contribution in [2.24, 2.45) is 0 Å². The molecular weight excluding hydrogens is 218 g/mol. The summed E-state index contributed by atoms with van der Waals surface area (Å²) in [5.74, 6) is 0. The molecule has 0 fully saturated rings. The number of hydrogen-bond donors (Lipinski definition) is 1. The van der Waals surface area contributed by atoms with E-state index in [0.29, 0.717) is 0 Å². The second kappa shape index (κ2) is 3.67. The van der Waals surface area contributed by atoms with Crippen LogP contribution in [0, 0.1) is 0 Å². The number of thioether (sulfide) groups is 1. The van der Waals surface area contributed by atoms with Crippen molar-refractivity contribution in [2.45, 2.75) is 42.6 Å². The van der Waals surface area contributed by atoms with Crippen LogP contribution >= 0.6 is 11.8 Å². The summed E-state index contributed by atoms with van der Waals surface area (Å²) < 4.78 is 0. The van der Waals surface area contributed by atoms with Crippen LogP contribution in [-0.4, -0.2) is 22.6 Å². The van der Waals surface area contributed by atoms with Gasteiger partial charge in [0.15, 0.2) is 0 Å². The summed E-state index contributed by atoms with van der Waals surface area (Å²) in [5, 5.41) is 10.0. The zero-order valence-corrected chi connectivity index (χ0v) is 11.1. The Labute approximate surface area is 102 Å². The van der Waals surface area contributed by atoms with Crippen molar-refractivity contribution in [2.75, 3.05) is 11.9 Å². The van der Waals surface area contributed by atoms with Crippen LogP contribution < -0.4 is 4.90 Å². The zero-order valence-electron chi connectivity index (χ0n) is 10.3. The lowest BCUT2D eigenvalue weighted by Crippen LogP contribution is -2.43. The number of para-hydroxylation sites is 1. The summed E-state index contributed by atoms with van der Waals surface area (Å²) in [4.78, 5) is 3.52. The predicted octanol–water partition coefficient (Wildman–Crippen LogP) is 3.11. The molecule has 1 heterocycles. The molecule has 2 rings (SSSR count). The molecule has 0 aromatic heterocycles. The summed E-state index contributed by atoms with van der Waals surface area (Å²) in [6.45, 7) is 5.93. The van der Waals surface area contributed by atoms with Crippen LogP contribution in [0.2, 0.25) is 0 Å². The van der Waals surface area contributed by atoms with Crippen molar-refractivity contribution < 1.29 is 5.11 Å². The van der Waals surface area contributed by atoms with Gasteiger partial charge in [0.1, 0.15) is 0 Å². The van der Waals surface area contributed by atoms with E-state index in [1.807, 2.05) is 25.6 Å². The van der Waals surface area contributed by atoms with E-state index >= 15 is 0 Å². The maximum absolute atomic E-state index is 10.0. The van der Waals surface area contributed by atoms with E-state index < -0.39 is 5.60 Å². The minimum Gasteiger partial charge on any atom is -0.390 e. The summed E-state index contributed by atoms with van der Waals surface area (Å²) in [5.41, 5.74) is 0.622. The van der Waals surface area contributed by atoms with Gasteiger partial charge in [-0.05, 0) is 32.9 Å². The van der Waals surface area contributed by atoms with Gasteiger partial charge >= 0.3 is 0 Å². The Hall–Kier alpha value is -0.670. The Morgan fingerprint density at radius 3 is 2.56 bits per heavy atom. The molecular formula is C13H19NOS. The highest BCUT2D eigenvalue weighted by atomic mass is 32.2. The number of nitrogens with zero attached hydrogens (tertiary/aromatic N) is 1. The van der Waals surface area contributed by atoms with E-state index in [9.17, 15) is 5.11 Å². The van der Waals surface area contributed by atoms with E-state index in [1.165, 1.54) is 10.6 Å². The Morgan fingerprint density at radius 2 is 2.00 bits per heavy atom. The number of aliphatic hydroxyl groups is 1. The van der Waals surface area contributed by atoms with Crippen LogP contribution in [0.5, 0.6) is 0 Å². The van der Waals surface area contributed by atoms with Crippen molar-refractivity contribution >= 4 is 17.4 Å². The number of benzene rings is 1. The monoisotopic (exact) mass is 237 g/mol. The summed E-state index contributed by atoms with van der Waals surface area (Å²) in [6, 6.07) is 8.41. The maximum atomic E-state index is 10.0. The van der Waals surface area contributed by atoms with Gasteiger partial charge in [-0.3, -0.25) is 0 Å². The molecule has 1 atom stereocenters. The smallest absolute Gasteiger partial charge is 0.0903 e. The van der Waals surface area contributed by atoms with Crippen LogP contribution in [0.15, 0.2) is 29.2 Å². The van der Waals surface area contributed by atoms with Crippen molar-refractivity contribution in [3.8, 4) is 0 Å². The molecule has 0 amide bonds. The largest absolute Gasteiger partial charge is 0.390 e. The lowest BCUT2D eigenvalue weighted by atomic mass is 9.98. The third kappa shape index (κ3) is 2.06. The van der Waals surface area contributed by atoms with Gasteiger partial charge in [-0.2, -0.15) is 0 Å². The highest BCUT2D eigenvalue weighted by Gasteiger charge is 2.41. The van der Waals surface area contributed by atoms with Crippen LogP contribution in [0.4, 0.5) is 5.69 Å². The quantitative estimate of drug-likeness (QED) is 0.855. The molecule has 0 saturated heterocycles. The summed E-state index contributed by atoms with van der Waals surface area (Å²) in [6.07, 6.45) is 0.746. The fraction of sp³-hybridized carbons (Fsp3) is 0.538. The van der Waals surface area contributed by atoms with Crippen molar-refractivity contribution in [3.05, 3.63) is 24.3 Å². The molecule has 1 aromatic carbocycles. The van der Waals surface area contributed by atoms with E-state index in [0.717, 1.165) is 6.42 Å². The lowest BCUT2D eigenvalue weighted by Gasteiger charge is -2.37. The molecule has 0 aliphatic carbocycles. The minimum atomic E-state index is -0.641. The zero-order chi connectivity index (χ0) is 12.0. The van der Waals surface area contributed by atoms with Gasteiger partial charge in [-0.1, -0.05) is 23.9 Å². The van der Waals surface area contributed by atoms with Gasteiger partial charge in [0, 0.05) is 18.4 Å². The lowest BCUT2D eigenvalue weighted by molar-refractivity contribution is 0.0613. The van der Waals surface area contributed by atoms with E-state index in [2.05, 4.69) is 43.1 Å². The number of anilines is 1. The van der Waals surface area contributed by atoms with Gasteiger partial charge in [-0.15, -0.1) is 0 Å². The Kier molecular flexibility index (Phi) is 2.71. The molecule has 0 spiro atoms. The fourth-order valence-corrected chi connectivity index (χ4v) is 3.93. The predicted molar refractivity (Wildman–Crippen MR) is 70.0 cm³/mol. The molecule has 0 saturated carbocycles. The van der Waals surface area contributed by atoms with Gasteiger partial charge < -0.3 is 10.0 Å². The maximum Gasteiger partial charge on any atom is 0.0903 e. The van der Waals surface area contributed by atoms with Crippen LogP contribution in [0.25, 0.3) is 0 Å². The number of rotatable bonds is 2. The van der Waals surface area contributed by atoms with E-state index in [4.69, 9.17) is 0 Å². The first-order valence-corrected chi connectivity index (χ1v) is 6.38. The first-order chi connectivity index (χ1) is 7.32. The van der Waals surface area contributed by atoms with Gasteiger partial charge in [0.05, 0.1) is 16.2 Å². The molecule has 1 N–H and O–H groups in total. The topological polar surface area (TPSA) is 23.5 Å². The van der Waals surface area contributed by atoms with Crippen LogP contribution in [-0.2, 0) is 0 Å². The first kappa shape index (κ1) is 11.8. The SMILES string of the molecule is CN1c2ccccc2SC1(C)CC(C)(C)O. The summed E-state index contributed by atoms with van der Waals surface area (Å²) >= 11 is 1.84. The molecule has 1 aliphatic rings. The molecule has 3 heteroatoms. The molecule has 0 bridgehead atoms. The second-order valence-corrected chi connectivity index (χ2v) is 6.82. The third-order valence-corrected chi connectivity index (χ3v) is 4.45. The second-order valence-electron chi connectivity index (χ2n) is 5.29. The minimum absolute atomic E-state index is 0.0536. The summed E-state index contributed by atoms with van der Waals surface area (Å²) in [7, 11) is 2.10. The molecule has 1 aliphatic heterocycles. The Balaban J connectivity index is 2.30. The average Bonchev–Trinajstić information content (AvgIpc) is 2.37. The molecule has 88 valence electrons. The highest BCUT2D eigenvalue weighted by Crippen LogP contribution is 2.51. The molecule has 1 aromatic rings. The fourth-order valence-electron chi connectivity index (χ4n) is 2.34. The van der Waals surface area contributed by atoms with Crippen molar-refractivity contribution in [1.82, 2.24) is 0 Å². The number of hydrogen-bond acceptors (Lipinski definition) is 3. The standard InChI is InChI=1S/C13H19NOS/c1-12(2,15)9-13(3)14(4)10-7-5-6-8-11(10)16-13/h5-8,15H,9H2,1-4H3. The molecule has 16 heavy (non-hydrogen) atoms. The van der Waals surface area contributed by atoms with Gasteiger partial charge in [0.25, 0.3) is 0 Å². The Morgan fingerprint density at radius 1 is 1.38 bits per heavy atom. The number of fused-ring (bicyclic) bond motifs is 1. The third-order valence-electron chi connectivity index (χ3n) is 3.03. The Bertz CT molecular complexity index is 399. The normalized spacial score (nSPS) is 24.7. The molecule has 1 unspecified atom stereocenters. The first-order valence-electron chi connectivity index (χ1n) is 5.56. The molecule has 0 radical (unpaired) electrons. The van der Waals surface area contributed by atoms with Crippen LogP contribution in [0.1, 0.15) is 27.2 Å². The van der Waals surface area contributed by atoms with Crippen molar-refractivity contribution in [1.29, 1.82) is 0 Å². The van der Waals surface area contributed by atoms with Gasteiger partial charge in [-0.25, -0.2) is 0 Å². The van der Waals surface area contributed by atoms with Gasteiger partial charge in [0.2, 0.25) is 0 Å².